The van der Waals surface area contributed by atoms with E-state index in [0.29, 0.717) is 31.6 Å². The zero-order valence-corrected chi connectivity index (χ0v) is 27.1. The Kier molecular flexibility index (Phi) is 13.1. The molecule has 0 heterocycles. The molecule has 0 spiro atoms. The van der Waals surface area contributed by atoms with Crippen molar-refractivity contribution in [2.75, 3.05) is 26.7 Å². The highest BCUT2D eigenvalue weighted by Crippen LogP contribution is 2.57. The van der Waals surface area contributed by atoms with Crippen LogP contribution in [0.5, 0.6) is 5.75 Å². The van der Waals surface area contributed by atoms with E-state index in [0.717, 1.165) is 35.8 Å². The lowest BCUT2D eigenvalue weighted by atomic mass is 10.00. The lowest BCUT2D eigenvalue weighted by molar-refractivity contribution is -0.132. The summed E-state index contributed by atoms with van der Waals surface area (Å²) in [6.45, 7) is 6.14. The van der Waals surface area contributed by atoms with Crippen LogP contribution in [0.2, 0.25) is 0 Å². The van der Waals surface area contributed by atoms with Crippen molar-refractivity contribution in [3.8, 4) is 5.75 Å². The number of aliphatic hydroxyl groups excluding tert-OH is 1. The second-order valence-corrected chi connectivity index (χ2v) is 12.3. The number of amides is 2. The summed E-state index contributed by atoms with van der Waals surface area (Å²) in [6.07, 6.45) is 1.33. The molecule has 1 aliphatic rings. The van der Waals surface area contributed by atoms with Crippen LogP contribution in [0, 0.1) is 23.5 Å². The Labute approximate surface area is 271 Å². The van der Waals surface area contributed by atoms with Gasteiger partial charge in [0, 0.05) is 45.1 Å². The summed E-state index contributed by atoms with van der Waals surface area (Å²) in [7, 11) is 1.59. The van der Waals surface area contributed by atoms with Crippen molar-refractivity contribution in [3.05, 3.63) is 101 Å². The summed E-state index contributed by atoms with van der Waals surface area (Å²) in [4.78, 5) is 28.7. The molecule has 3 aromatic carbocycles. The molecule has 5 atom stereocenters. The molecule has 46 heavy (non-hydrogen) atoms. The molecule has 7 nitrogen and oxygen atoms in total. The van der Waals surface area contributed by atoms with Crippen LogP contribution < -0.4 is 15.4 Å². The number of carbonyl (C=O) groups is 2. The summed E-state index contributed by atoms with van der Waals surface area (Å²) in [5.74, 6) is -0.811. The monoisotopic (exact) mass is 635 g/mol. The fraction of sp³-hybridized carbons (Fsp3) is 0.459. The van der Waals surface area contributed by atoms with Crippen molar-refractivity contribution < 1.29 is 28.2 Å². The molecule has 3 aromatic rings. The molecule has 9 heteroatoms. The van der Waals surface area contributed by atoms with E-state index >= 15 is 0 Å². The minimum atomic E-state index is -1.04. The third-order valence-corrected chi connectivity index (χ3v) is 8.69. The number of nitrogens with one attached hydrogen (secondary N) is 2. The molecule has 248 valence electrons. The molecular weight excluding hydrogens is 588 g/mol. The van der Waals surface area contributed by atoms with Crippen LogP contribution in [0.1, 0.15) is 62.1 Å². The van der Waals surface area contributed by atoms with Gasteiger partial charge >= 0.3 is 0 Å². The predicted octanol–water partition coefficient (Wildman–Crippen LogP) is 5.61. The number of aliphatic hydroxyl groups is 1. The number of nitrogens with zero attached hydrogens (tertiary/aromatic N) is 1. The molecule has 0 unspecified atom stereocenters. The van der Waals surface area contributed by atoms with E-state index in [2.05, 4.69) is 24.5 Å². The zero-order valence-electron chi connectivity index (χ0n) is 27.1. The average molecular weight is 636 g/mol. The lowest BCUT2D eigenvalue weighted by Gasteiger charge is -2.25. The number of carbonyl (C=O) groups excluding carboxylic acids is 2. The maximum absolute atomic E-state index is 14.0. The minimum absolute atomic E-state index is 0.0297. The highest BCUT2D eigenvalue weighted by atomic mass is 19.1. The molecule has 1 fully saturated rings. The molecule has 3 N–H and O–H groups in total. The van der Waals surface area contributed by atoms with E-state index in [4.69, 9.17) is 4.74 Å². The summed E-state index contributed by atoms with van der Waals surface area (Å²) >= 11 is 0. The number of halogens is 2. The van der Waals surface area contributed by atoms with Gasteiger partial charge in [-0.15, -0.1) is 0 Å². The van der Waals surface area contributed by atoms with E-state index in [9.17, 15) is 23.5 Å². The van der Waals surface area contributed by atoms with Gasteiger partial charge in [-0.2, -0.15) is 0 Å². The first-order valence-electron chi connectivity index (χ1n) is 16.3. The van der Waals surface area contributed by atoms with Crippen LogP contribution in [0.4, 0.5) is 8.78 Å². The molecule has 0 saturated heterocycles. The number of ether oxygens (including phenoxy) is 1. The standard InChI is InChI=1S/C37H47F2N3O4/c1-4-14-42(15-5-2)36(45)22-32-31(37(32)27-11-7-6-8-12-27)21-35(44)41-33(19-26-16-28(38)20-29(39)17-26)34(43)24-40-23-25-10-9-13-30(18-25)46-3/h6-13,16-18,20,31-34,37,40,43H,4-5,14-15,19,21-24H2,1-3H3,(H,41,44)/t31-,32-,33+,34-,37-/m1/s1. The normalized spacial score (nSPS) is 18.4. The predicted molar refractivity (Wildman–Crippen MR) is 175 cm³/mol. The van der Waals surface area contributed by atoms with Gasteiger partial charge in [0.05, 0.1) is 19.3 Å². The summed E-state index contributed by atoms with van der Waals surface area (Å²) in [5, 5.41) is 17.4. The fourth-order valence-corrected chi connectivity index (χ4v) is 6.44. The Bertz CT molecular complexity index is 1400. The minimum Gasteiger partial charge on any atom is -0.497 e. The van der Waals surface area contributed by atoms with Gasteiger partial charge in [-0.05, 0) is 78.0 Å². The second-order valence-electron chi connectivity index (χ2n) is 12.3. The van der Waals surface area contributed by atoms with E-state index in [-0.39, 0.29) is 49.0 Å². The van der Waals surface area contributed by atoms with Crippen LogP contribution in [0.25, 0.3) is 0 Å². The molecule has 4 rings (SSSR count). The van der Waals surface area contributed by atoms with Crippen molar-refractivity contribution in [2.45, 2.75) is 70.6 Å². The van der Waals surface area contributed by atoms with Crippen LogP contribution in [-0.2, 0) is 22.6 Å². The molecule has 0 bridgehead atoms. The van der Waals surface area contributed by atoms with Crippen molar-refractivity contribution in [2.24, 2.45) is 11.8 Å². The third kappa shape index (κ3) is 10.1. The first-order chi connectivity index (χ1) is 22.2. The molecule has 1 aliphatic carbocycles. The van der Waals surface area contributed by atoms with E-state index in [1.54, 1.807) is 7.11 Å². The number of rotatable bonds is 18. The molecule has 0 aromatic heterocycles. The van der Waals surface area contributed by atoms with Gasteiger partial charge < -0.3 is 25.4 Å². The molecular formula is C37H47F2N3O4. The largest absolute Gasteiger partial charge is 0.497 e. The highest BCUT2D eigenvalue weighted by Gasteiger charge is 2.52. The summed E-state index contributed by atoms with van der Waals surface area (Å²) in [6, 6.07) is 19.9. The van der Waals surface area contributed by atoms with Crippen molar-refractivity contribution in [1.29, 1.82) is 0 Å². The first kappa shape index (κ1) is 35.0. The van der Waals surface area contributed by atoms with Crippen molar-refractivity contribution in [3.63, 3.8) is 0 Å². The average Bonchev–Trinajstić information content (AvgIpc) is 3.70. The topological polar surface area (TPSA) is 90.9 Å². The smallest absolute Gasteiger partial charge is 0.222 e. The summed E-state index contributed by atoms with van der Waals surface area (Å²) < 4.78 is 33.3. The number of methoxy groups -OCH3 is 1. The van der Waals surface area contributed by atoms with Crippen molar-refractivity contribution >= 4 is 11.8 Å². The third-order valence-electron chi connectivity index (χ3n) is 8.69. The zero-order chi connectivity index (χ0) is 33.1. The van der Waals surface area contributed by atoms with Gasteiger partial charge in [0.25, 0.3) is 0 Å². The number of benzene rings is 3. The van der Waals surface area contributed by atoms with Gasteiger partial charge in [-0.3, -0.25) is 9.59 Å². The van der Waals surface area contributed by atoms with Crippen LogP contribution >= 0.6 is 0 Å². The van der Waals surface area contributed by atoms with Crippen molar-refractivity contribution in [1.82, 2.24) is 15.5 Å². The SMILES string of the molecule is CCCN(CCC)C(=O)C[C@@H]1[C@@H](CC(=O)N[C@@H](Cc2cc(F)cc(F)c2)[C@H](O)CNCc2cccc(OC)c2)[C@H]1c1ccccc1. The molecule has 0 radical (unpaired) electrons. The Morgan fingerprint density at radius 3 is 2.22 bits per heavy atom. The first-order valence-corrected chi connectivity index (χ1v) is 16.3. The molecule has 2 amide bonds. The van der Waals surface area contributed by atoms with Gasteiger partial charge in [-0.1, -0.05) is 56.3 Å². The van der Waals surface area contributed by atoms with E-state index in [1.807, 2.05) is 59.5 Å². The van der Waals surface area contributed by atoms with Gasteiger partial charge in [0.2, 0.25) is 11.8 Å². The highest BCUT2D eigenvalue weighted by molar-refractivity contribution is 5.79. The Hall–Kier alpha value is -3.82. The maximum Gasteiger partial charge on any atom is 0.222 e. The summed E-state index contributed by atoms with van der Waals surface area (Å²) in [5.41, 5.74) is 2.39. The fourth-order valence-electron chi connectivity index (χ4n) is 6.44. The lowest BCUT2D eigenvalue weighted by Crippen LogP contribution is -2.48. The molecule has 1 saturated carbocycles. The van der Waals surface area contributed by atoms with Crippen LogP contribution in [0.15, 0.2) is 72.8 Å². The van der Waals surface area contributed by atoms with E-state index in [1.165, 1.54) is 12.1 Å². The number of hydrogen-bond acceptors (Lipinski definition) is 5. The van der Waals surface area contributed by atoms with Gasteiger partial charge in [-0.25, -0.2) is 8.78 Å². The quantitative estimate of drug-likeness (QED) is 0.169. The van der Waals surface area contributed by atoms with Gasteiger partial charge in [0.1, 0.15) is 17.4 Å². The van der Waals surface area contributed by atoms with Gasteiger partial charge in [0.15, 0.2) is 0 Å². The Morgan fingerprint density at radius 1 is 0.891 bits per heavy atom. The van der Waals surface area contributed by atoms with E-state index < -0.39 is 23.8 Å². The van der Waals surface area contributed by atoms with Crippen LogP contribution in [0.3, 0.4) is 0 Å². The second kappa shape index (κ2) is 17.2. The Balaban J connectivity index is 1.45. The maximum atomic E-state index is 14.0. The Morgan fingerprint density at radius 2 is 1.57 bits per heavy atom. The molecule has 0 aliphatic heterocycles. The number of hydrogen-bond donors (Lipinski definition) is 3. The van der Waals surface area contributed by atoms with Crippen LogP contribution in [-0.4, -0.2) is 60.7 Å².